The number of pyridine rings is 1. The topological polar surface area (TPSA) is 65.5 Å². The Morgan fingerprint density at radius 1 is 1.47 bits per heavy atom. The molecule has 0 spiro atoms. The molecule has 0 saturated carbocycles. The van der Waals surface area contributed by atoms with Crippen LogP contribution in [0.4, 0.5) is 0 Å². The molecule has 0 saturated heterocycles. The second kappa shape index (κ2) is 6.62. The van der Waals surface area contributed by atoms with Crippen molar-refractivity contribution >= 4 is 12.3 Å². The monoisotopic (exact) mass is 237 g/mol. The highest BCUT2D eigenvalue weighted by atomic mass is 16.5. The zero-order valence-corrected chi connectivity index (χ0v) is 9.93. The SMILES string of the molecule is CCOc1ccc(CCC=O)nc1C(=O)OC. The van der Waals surface area contributed by atoms with Crippen molar-refractivity contribution in [2.24, 2.45) is 0 Å². The van der Waals surface area contributed by atoms with E-state index in [0.717, 1.165) is 6.29 Å². The number of esters is 1. The largest absolute Gasteiger partial charge is 0.491 e. The normalized spacial score (nSPS) is 9.76. The fourth-order valence-electron chi connectivity index (χ4n) is 1.35. The molecule has 0 radical (unpaired) electrons. The van der Waals surface area contributed by atoms with Crippen LogP contribution in [-0.2, 0) is 16.0 Å². The van der Waals surface area contributed by atoms with Crippen LogP contribution in [0.1, 0.15) is 29.5 Å². The fourth-order valence-corrected chi connectivity index (χ4v) is 1.35. The third-order valence-electron chi connectivity index (χ3n) is 2.11. The number of aryl methyl sites for hydroxylation is 1. The van der Waals surface area contributed by atoms with E-state index in [1.165, 1.54) is 7.11 Å². The summed E-state index contributed by atoms with van der Waals surface area (Å²) in [5.74, 6) is -0.143. The Hall–Kier alpha value is -1.91. The van der Waals surface area contributed by atoms with E-state index in [1.54, 1.807) is 12.1 Å². The third-order valence-corrected chi connectivity index (χ3v) is 2.11. The van der Waals surface area contributed by atoms with Crippen molar-refractivity contribution in [3.63, 3.8) is 0 Å². The minimum absolute atomic E-state index is 0.151. The number of ether oxygens (including phenoxy) is 2. The van der Waals surface area contributed by atoms with Crippen molar-refractivity contribution in [3.05, 3.63) is 23.5 Å². The minimum atomic E-state index is -0.540. The van der Waals surface area contributed by atoms with Gasteiger partial charge in [-0.15, -0.1) is 0 Å². The third kappa shape index (κ3) is 3.55. The van der Waals surface area contributed by atoms with E-state index in [0.29, 0.717) is 30.9 Å². The lowest BCUT2D eigenvalue weighted by Crippen LogP contribution is -2.10. The highest BCUT2D eigenvalue weighted by Crippen LogP contribution is 2.18. The van der Waals surface area contributed by atoms with Crippen molar-refractivity contribution in [1.29, 1.82) is 0 Å². The van der Waals surface area contributed by atoms with Gasteiger partial charge in [0.25, 0.3) is 0 Å². The first-order valence-corrected chi connectivity index (χ1v) is 5.37. The summed E-state index contributed by atoms with van der Waals surface area (Å²) in [5, 5.41) is 0. The zero-order chi connectivity index (χ0) is 12.7. The molecule has 0 atom stereocenters. The number of aldehydes is 1. The fraction of sp³-hybridized carbons (Fsp3) is 0.417. The van der Waals surface area contributed by atoms with Crippen molar-refractivity contribution in [2.75, 3.05) is 13.7 Å². The molecule has 0 N–H and O–H groups in total. The second-order valence-corrected chi connectivity index (χ2v) is 3.28. The van der Waals surface area contributed by atoms with Gasteiger partial charge in [0.05, 0.1) is 13.7 Å². The van der Waals surface area contributed by atoms with Gasteiger partial charge in [0.15, 0.2) is 11.4 Å². The molecule has 0 fully saturated rings. The van der Waals surface area contributed by atoms with E-state index in [4.69, 9.17) is 4.74 Å². The first kappa shape index (κ1) is 13.2. The van der Waals surface area contributed by atoms with Gasteiger partial charge < -0.3 is 14.3 Å². The summed E-state index contributed by atoms with van der Waals surface area (Å²) in [5.41, 5.74) is 0.818. The Labute approximate surface area is 99.8 Å². The maximum atomic E-state index is 11.5. The highest BCUT2D eigenvalue weighted by Gasteiger charge is 2.15. The first-order valence-electron chi connectivity index (χ1n) is 5.37. The molecule has 5 nitrogen and oxygen atoms in total. The summed E-state index contributed by atoms with van der Waals surface area (Å²) in [6.07, 6.45) is 1.69. The minimum Gasteiger partial charge on any atom is -0.491 e. The summed E-state index contributed by atoms with van der Waals surface area (Å²) in [6.45, 7) is 2.26. The predicted molar refractivity (Wildman–Crippen MR) is 61.1 cm³/mol. The molecule has 0 aromatic carbocycles. The van der Waals surface area contributed by atoms with Gasteiger partial charge in [-0.25, -0.2) is 9.78 Å². The van der Waals surface area contributed by atoms with Crippen molar-refractivity contribution < 1.29 is 19.1 Å². The van der Waals surface area contributed by atoms with Crippen LogP contribution in [0.5, 0.6) is 5.75 Å². The van der Waals surface area contributed by atoms with E-state index < -0.39 is 5.97 Å². The molecular formula is C12H15NO4. The van der Waals surface area contributed by atoms with Crippen LogP contribution < -0.4 is 4.74 Å². The van der Waals surface area contributed by atoms with Gasteiger partial charge in [-0.3, -0.25) is 0 Å². The van der Waals surface area contributed by atoms with Crippen molar-refractivity contribution in [3.8, 4) is 5.75 Å². The Bertz CT molecular complexity index is 403. The lowest BCUT2D eigenvalue weighted by atomic mass is 10.2. The van der Waals surface area contributed by atoms with Crippen molar-refractivity contribution in [1.82, 2.24) is 4.98 Å². The summed E-state index contributed by atoms with van der Waals surface area (Å²) < 4.78 is 9.92. The predicted octanol–water partition coefficient (Wildman–Crippen LogP) is 1.40. The summed E-state index contributed by atoms with van der Waals surface area (Å²) in [6, 6.07) is 3.41. The number of hydrogen-bond donors (Lipinski definition) is 0. The van der Waals surface area contributed by atoms with E-state index in [9.17, 15) is 9.59 Å². The van der Waals surface area contributed by atoms with Crippen LogP contribution in [-0.4, -0.2) is 31.0 Å². The molecule has 0 amide bonds. The Morgan fingerprint density at radius 2 is 2.24 bits per heavy atom. The van der Waals surface area contributed by atoms with Crippen LogP contribution >= 0.6 is 0 Å². The standard InChI is InChI=1S/C12H15NO4/c1-3-17-10-7-6-9(5-4-8-14)13-11(10)12(15)16-2/h6-8H,3-5H2,1-2H3. The van der Waals surface area contributed by atoms with Crippen LogP contribution in [0.2, 0.25) is 0 Å². The van der Waals surface area contributed by atoms with Gasteiger partial charge in [-0.05, 0) is 25.5 Å². The maximum Gasteiger partial charge on any atom is 0.360 e. The van der Waals surface area contributed by atoms with Gasteiger partial charge in [0, 0.05) is 12.1 Å². The summed E-state index contributed by atoms with van der Waals surface area (Å²) >= 11 is 0. The van der Waals surface area contributed by atoms with E-state index in [1.807, 2.05) is 6.92 Å². The molecule has 1 aromatic heterocycles. The average molecular weight is 237 g/mol. The zero-order valence-electron chi connectivity index (χ0n) is 9.93. The van der Waals surface area contributed by atoms with Gasteiger partial charge in [-0.1, -0.05) is 0 Å². The van der Waals surface area contributed by atoms with Crippen LogP contribution in [0.25, 0.3) is 0 Å². The lowest BCUT2D eigenvalue weighted by molar-refractivity contribution is -0.107. The molecule has 1 aromatic rings. The van der Waals surface area contributed by atoms with Crippen LogP contribution in [0.3, 0.4) is 0 Å². The second-order valence-electron chi connectivity index (χ2n) is 3.28. The molecule has 17 heavy (non-hydrogen) atoms. The molecule has 0 bridgehead atoms. The number of hydrogen-bond acceptors (Lipinski definition) is 5. The molecule has 92 valence electrons. The molecular weight excluding hydrogens is 222 g/mol. The maximum absolute atomic E-state index is 11.5. The number of carbonyl (C=O) groups excluding carboxylic acids is 2. The Kier molecular flexibility index (Phi) is 5.13. The highest BCUT2D eigenvalue weighted by molar-refractivity contribution is 5.90. The smallest absolute Gasteiger partial charge is 0.360 e. The number of nitrogens with zero attached hydrogens (tertiary/aromatic N) is 1. The quantitative estimate of drug-likeness (QED) is 0.552. The van der Waals surface area contributed by atoms with Gasteiger partial charge >= 0.3 is 5.97 Å². The number of rotatable bonds is 6. The lowest BCUT2D eigenvalue weighted by Gasteiger charge is -2.09. The van der Waals surface area contributed by atoms with Gasteiger partial charge in [0.2, 0.25) is 0 Å². The molecule has 1 rings (SSSR count). The van der Waals surface area contributed by atoms with Gasteiger partial charge in [-0.2, -0.15) is 0 Å². The first-order chi connectivity index (χ1) is 8.22. The molecule has 0 aliphatic rings. The Morgan fingerprint density at radius 3 is 2.82 bits per heavy atom. The summed E-state index contributed by atoms with van der Waals surface area (Å²) in [7, 11) is 1.29. The van der Waals surface area contributed by atoms with Crippen LogP contribution in [0, 0.1) is 0 Å². The molecule has 0 unspecified atom stereocenters. The van der Waals surface area contributed by atoms with E-state index in [2.05, 4.69) is 9.72 Å². The number of carbonyl (C=O) groups is 2. The van der Waals surface area contributed by atoms with Crippen LogP contribution in [0.15, 0.2) is 12.1 Å². The van der Waals surface area contributed by atoms with Gasteiger partial charge in [0.1, 0.15) is 6.29 Å². The molecule has 5 heteroatoms. The molecule has 0 aliphatic carbocycles. The number of aromatic nitrogens is 1. The molecule has 0 aliphatic heterocycles. The van der Waals surface area contributed by atoms with E-state index in [-0.39, 0.29) is 5.69 Å². The number of methoxy groups -OCH3 is 1. The molecule has 1 heterocycles. The van der Waals surface area contributed by atoms with Crippen molar-refractivity contribution in [2.45, 2.75) is 19.8 Å². The average Bonchev–Trinajstić information content (AvgIpc) is 2.37. The van der Waals surface area contributed by atoms with E-state index >= 15 is 0 Å². The summed E-state index contributed by atoms with van der Waals surface area (Å²) in [4.78, 5) is 25.9. The Balaban J connectivity index is 3.00.